The van der Waals surface area contributed by atoms with E-state index in [-0.39, 0.29) is 5.91 Å². The summed E-state index contributed by atoms with van der Waals surface area (Å²) in [6.45, 7) is 0. The molecule has 0 saturated carbocycles. The summed E-state index contributed by atoms with van der Waals surface area (Å²) in [6, 6.07) is 24.3. The first kappa shape index (κ1) is 18.3. The first-order valence-electron chi connectivity index (χ1n) is 8.42. The molecule has 0 aliphatic heterocycles. The van der Waals surface area contributed by atoms with Crippen molar-refractivity contribution in [2.24, 2.45) is 0 Å². The second-order valence-electron chi connectivity index (χ2n) is 5.85. The zero-order valence-corrected chi connectivity index (χ0v) is 16.9. The molecule has 0 spiro atoms. The second-order valence-corrected chi connectivity index (χ2v) is 7.52. The molecule has 7 heteroatoms. The standard InChI is InChI=1S/C21H14BrN3O2S/c22-15-8-6-14(7-9-15)19-20(28-25-24-19)21(26)23-16-10-12-18(13-11-16)27-17-4-2-1-3-5-17/h1-13H,(H,23,26). The fraction of sp³-hybridized carbons (Fsp3) is 0. The summed E-state index contributed by atoms with van der Waals surface area (Å²) in [7, 11) is 0. The highest BCUT2D eigenvalue weighted by atomic mass is 79.9. The van der Waals surface area contributed by atoms with Crippen LogP contribution in [-0.4, -0.2) is 15.5 Å². The average Bonchev–Trinajstić information content (AvgIpc) is 3.21. The number of nitrogens with one attached hydrogen (secondary N) is 1. The highest BCUT2D eigenvalue weighted by Gasteiger charge is 2.18. The molecule has 0 saturated heterocycles. The monoisotopic (exact) mass is 451 g/mol. The minimum atomic E-state index is -0.246. The Bertz CT molecular complexity index is 1080. The van der Waals surface area contributed by atoms with Crippen LogP contribution in [0.25, 0.3) is 11.3 Å². The Kier molecular flexibility index (Phi) is 5.45. The Labute approximate surface area is 174 Å². The molecule has 0 aliphatic rings. The van der Waals surface area contributed by atoms with Gasteiger partial charge < -0.3 is 10.1 Å². The predicted octanol–water partition coefficient (Wildman–Crippen LogP) is 6.01. The van der Waals surface area contributed by atoms with Gasteiger partial charge in [0.15, 0.2) is 0 Å². The van der Waals surface area contributed by atoms with Crippen LogP contribution in [0.4, 0.5) is 5.69 Å². The second kappa shape index (κ2) is 8.33. The molecule has 0 atom stereocenters. The maximum Gasteiger partial charge on any atom is 0.269 e. The lowest BCUT2D eigenvalue weighted by molar-refractivity contribution is 0.103. The van der Waals surface area contributed by atoms with Gasteiger partial charge in [0.1, 0.15) is 22.1 Å². The first-order chi connectivity index (χ1) is 13.7. The van der Waals surface area contributed by atoms with E-state index >= 15 is 0 Å². The molecule has 5 nitrogen and oxygen atoms in total. The van der Waals surface area contributed by atoms with Crippen LogP contribution in [0.5, 0.6) is 11.5 Å². The van der Waals surface area contributed by atoms with Gasteiger partial charge in [-0.2, -0.15) is 0 Å². The summed E-state index contributed by atoms with van der Waals surface area (Å²) < 4.78 is 10.7. The van der Waals surface area contributed by atoms with Crippen molar-refractivity contribution in [2.45, 2.75) is 0 Å². The molecule has 0 aliphatic carbocycles. The Morgan fingerprint density at radius 3 is 2.29 bits per heavy atom. The van der Waals surface area contributed by atoms with Gasteiger partial charge >= 0.3 is 0 Å². The van der Waals surface area contributed by atoms with Crippen LogP contribution < -0.4 is 10.1 Å². The number of halogens is 1. The van der Waals surface area contributed by atoms with Crippen molar-refractivity contribution in [1.29, 1.82) is 0 Å². The van der Waals surface area contributed by atoms with Crippen molar-refractivity contribution in [1.82, 2.24) is 9.59 Å². The summed E-state index contributed by atoms with van der Waals surface area (Å²) >= 11 is 4.48. The topological polar surface area (TPSA) is 64.1 Å². The molecule has 0 fully saturated rings. The van der Waals surface area contributed by atoms with E-state index in [1.165, 1.54) is 0 Å². The third kappa shape index (κ3) is 4.27. The van der Waals surface area contributed by atoms with E-state index < -0.39 is 0 Å². The van der Waals surface area contributed by atoms with E-state index in [9.17, 15) is 4.79 Å². The van der Waals surface area contributed by atoms with E-state index in [4.69, 9.17) is 4.74 Å². The van der Waals surface area contributed by atoms with E-state index in [1.807, 2.05) is 66.7 Å². The molecule has 0 radical (unpaired) electrons. The number of nitrogens with zero attached hydrogens (tertiary/aromatic N) is 2. The Morgan fingerprint density at radius 2 is 1.57 bits per heavy atom. The van der Waals surface area contributed by atoms with Gasteiger partial charge in [0.2, 0.25) is 0 Å². The summed E-state index contributed by atoms with van der Waals surface area (Å²) in [5, 5.41) is 7.00. The number of ether oxygens (including phenoxy) is 1. The molecule has 4 rings (SSSR count). The van der Waals surface area contributed by atoms with Gasteiger partial charge in [-0.3, -0.25) is 4.79 Å². The lowest BCUT2D eigenvalue weighted by Gasteiger charge is -2.08. The van der Waals surface area contributed by atoms with Crippen molar-refractivity contribution in [2.75, 3.05) is 5.32 Å². The number of hydrogen-bond donors (Lipinski definition) is 1. The van der Waals surface area contributed by atoms with Crippen molar-refractivity contribution in [3.8, 4) is 22.8 Å². The zero-order chi connectivity index (χ0) is 19.3. The lowest BCUT2D eigenvalue weighted by Crippen LogP contribution is -2.11. The van der Waals surface area contributed by atoms with Gasteiger partial charge in [0.05, 0.1) is 0 Å². The maximum atomic E-state index is 12.7. The normalized spacial score (nSPS) is 10.5. The SMILES string of the molecule is O=C(Nc1ccc(Oc2ccccc2)cc1)c1snnc1-c1ccc(Br)cc1. The largest absolute Gasteiger partial charge is 0.457 e. The lowest BCUT2D eigenvalue weighted by atomic mass is 10.1. The molecule has 1 aromatic heterocycles. The minimum absolute atomic E-state index is 0.246. The third-order valence-electron chi connectivity index (χ3n) is 3.90. The number of amides is 1. The fourth-order valence-electron chi connectivity index (χ4n) is 2.56. The van der Waals surface area contributed by atoms with Gasteiger partial charge in [0.25, 0.3) is 5.91 Å². The van der Waals surface area contributed by atoms with Crippen LogP contribution in [-0.2, 0) is 0 Å². The van der Waals surface area contributed by atoms with E-state index in [0.717, 1.165) is 27.3 Å². The average molecular weight is 452 g/mol. The number of rotatable bonds is 5. The third-order valence-corrected chi connectivity index (χ3v) is 5.16. The highest BCUT2D eigenvalue weighted by molar-refractivity contribution is 9.10. The first-order valence-corrected chi connectivity index (χ1v) is 9.98. The van der Waals surface area contributed by atoms with Crippen LogP contribution in [0.2, 0.25) is 0 Å². The number of anilines is 1. The maximum absolute atomic E-state index is 12.7. The van der Waals surface area contributed by atoms with Gasteiger partial charge in [-0.25, -0.2) is 0 Å². The molecule has 0 unspecified atom stereocenters. The van der Waals surface area contributed by atoms with Crippen molar-refractivity contribution < 1.29 is 9.53 Å². The Morgan fingerprint density at radius 1 is 0.893 bits per heavy atom. The molecule has 3 aromatic carbocycles. The number of para-hydroxylation sites is 1. The fourth-order valence-corrected chi connectivity index (χ4v) is 3.40. The number of carbonyl (C=O) groups excluding carboxylic acids is 1. The molecule has 28 heavy (non-hydrogen) atoms. The van der Waals surface area contributed by atoms with Gasteiger partial charge in [-0.05, 0) is 60.1 Å². The Hall–Kier alpha value is -3.03. The molecule has 1 N–H and O–H groups in total. The molecular formula is C21H14BrN3O2S. The van der Waals surface area contributed by atoms with E-state index in [2.05, 4.69) is 30.8 Å². The van der Waals surface area contributed by atoms with Gasteiger partial charge in [0, 0.05) is 15.7 Å². The van der Waals surface area contributed by atoms with Gasteiger partial charge in [-0.15, -0.1) is 5.10 Å². The number of benzene rings is 3. The molecule has 1 amide bonds. The molecule has 138 valence electrons. The van der Waals surface area contributed by atoms with Crippen molar-refractivity contribution in [3.63, 3.8) is 0 Å². The van der Waals surface area contributed by atoms with Gasteiger partial charge in [-0.1, -0.05) is 50.8 Å². The van der Waals surface area contributed by atoms with Crippen LogP contribution in [0.1, 0.15) is 9.67 Å². The highest BCUT2D eigenvalue weighted by Crippen LogP contribution is 2.27. The summed E-state index contributed by atoms with van der Waals surface area (Å²) in [5.74, 6) is 1.21. The predicted molar refractivity (Wildman–Crippen MR) is 114 cm³/mol. The smallest absolute Gasteiger partial charge is 0.269 e. The number of aromatic nitrogens is 2. The minimum Gasteiger partial charge on any atom is -0.457 e. The van der Waals surface area contributed by atoms with Crippen LogP contribution in [0, 0.1) is 0 Å². The molecule has 1 heterocycles. The zero-order valence-electron chi connectivity index (χ0n) is 14.5. The summed E-state index contributed by atoms with van der Waals surface area (Å²) in [6.07, 6.45) is 0. The molecule has 0 bridgehead atoms. The number of hydrogen-bond acceptors (Lipinski definition) is 5. The summed E-state index contributed by atoms with van der Waals surface area (Å²) in [4.78, 5) is 13.2. The summed E-state index contributed by atoms with van der Waals surface area (Å²) in [5.41, 5.74) is 2.08. The van der Waals surface area contributed by atoms with Crippen LogP contribution in [0.15, 0.2) is 83.3 Å². The Balaban J connectivity index is 1.47. The van der Waals surface area contributed by atoms with Crippen LogP contribution in [0.3, 0.4) is 0 Å². The van der Waals surface area contributed by atoms with E-state index in [0.29, 0.717) is 22.0 Å². The number of carbonyl (C=O) groups is 1. The quantitative estimate of drug-likeness (QED) is 0.403. The van der Waals surface area contributed by atoms with Crippen LogP contribution >= 0.6 is 27.5 Å². The molecular weight excluding hydrogens is 438 g/mol. The molecule has 4 aromatic rings. The van der Waals surface area contributed by atoms with Crippen molar-refractivity contribution >= 4 is 39.1 Å². The van der Waals surface area contributed by atoms with Crippen molar-refractivity contribution in [3.05, 3.63) is 88.2 Å². The van der Waals surface area contributed by atoms with E-state index in [1.54, 1.807) is 12.1 Å².